The molecule has 0 aliphatic carbocycles. The Kier molecular flexibility index (Phi) is 2.95. The van der Waals surface area contributed by atoms with Crippen molar-refractivity contribution < 1.29 is 4.74 Å². The first kappa shape index (κ1) is 11.4. The van der Waals surface area contributed by atoms with Crippen molar-refractivity contribution in [3.8, 4) is 17.0 Å². The van der Waals surface area contributed by atoms with Crippen molar-refractivity contribution in [2.45, 2.75) is 13.8 Å². The molecule has 0 atom stereocenters. The van der Waals surface area contributed by atoms with Crippen LogP contribution in [0.4, 0.5) is 5.82 Å². The highest BCUT2D eigenvalue weighted by molar-refractivity contribution is 5.66. The van der Waals surface area contributed by atoms with E-state index in [0.717, 1.165) is 28.1 Å². The largest absolute Gasteiger partial charge is 0.496 e. The maximum atomic E-state index is 5.52. The van der Waals surface area contributed by atoms with E-state index in [0.29, 0.717) is 5.82 Å². The second-order valence-electron chi connectivity index (χ2n) is 3.98. The summed E-state index contributed by atoms with van der Waals surface area (Å²) in [4.78, 5) is 0. The predicted octanol–water partition coefficient (Wildman–Crippen LogP) is 2.35. The molecule has 1 heterocycles. The minimum Gasteiger partial charge on any atom is -0.496 e. The SMILES string of the molecule is COc1cc(C)c(-c2ccc(N)nn2)cc1C. The first-order valence-electron chi connectivity index (χ1n) is 5.36. The lowest BCUT2D eigenvalue weighted by Gasteiger charge is -2.10. The molecule has 1 aromatic carbocycles. The van der Waals surface area contributed by atoms with Crippen molar-refractivity contribution in [3.63, 3.8) is 0 Å². The van der Waals surface area contributed by atoms with Gasteiger partial charge in [0.15, 0.2) is 0 Å². The Balaban J connectivity index is 2.52. The molecule has 0 saturated carbocycles. The van der Waals surface area contributed by atoms with E-state index in [1.165, 1.54) is 0 Å². The monoisotopic (exact) mass is 229 g/mol. The quantitative estimate of drug-likeness (QED) is 0.858. The van der Waals surface area contributed by atoms with Crippen molar-refractivity contribution in [2.24, 2.45) is 0 Å². The van der Waals surface area contributed by atoms with Gasteiger partial charge in [0.25, 0.3) is 0 Å². The minimum atomic E-state index is 0.427. The zero-order valence-electron chi connectivity index (χ0n) is 10.2. The van der Waals surface area contributed by atoms with Gasteiger partial charge in [-0.05, 0) is 49.2 Å². The first-order valence-corrected chi connectivity index (χ1v) is 5.36. The molecule has 2 aromatic rings. The Bertz CT molecular complexity index is 535. The fourth-order valence-corrected chi connectivity index (χ4v) is 1.77. The van der Waals surface area contributed by atoms with Gasteiger partial charge >= 0.3 is 0 Å². The number of anilines is 1. The lowest BCUT2D eigenvalue weighted by atomic mass is 10.0. The number of rotatable bonds is 2. The van der Waals surface area contributed by atoms with Crippen LogP contribution in [-0.4, -0.2) is 17.3 Å². The van der Waals surface area contributed by atoms with Gasteiger partial charge in [0.05, 0.1) is 12.8 Å². The molecule has 0 amide bonds. The lowest BCUT2D eigenvalue weighted by Crippen LogP contribution is -1.96. The van der Waals surface area contributed by atoms with Crippen molar-refractivity contribution in [2.75, 3.05) is 12.8 Å². The first-order chi connectivity index (χ1) is 8.11. The Morgan fingerprint density at radius 2 is 1.82 bits per heavy atom. The molecular weight excluding hydrogens is 214 g/mol. The molecule has 0 spiro atoms. The van der Waals surface area contributed by atoms with E-state index in [1.807, 2.05) is 32.0 Å². The maximum Gasteiger partial charge on any atom is 0.146 e. The van der Waals surface area contributed by atoms with Gasteiger partial charge in [-0.3, -0.25) is 0 Å². The molecule has 0 radical (unpaired) electrons. The van der Waals surface area contributed by atoms with Gasteiger partial charge in [-0.25, -0.2) is 0 Å². The molecule has 2 rings (SSSR count). The summed E-state index contributed by atoms with van der Waals surface area (Å²) >= 11 is 0. The normalized spacial score (nSPS) is 10.3. The van der Waals surface area contributed by atoms with Crippen LogP contribution >= 0.6 is 0 Å². The summed E-state index contributed by atoms with van der Waals surface area (Å²) in [6.07, 6.45) is 0. The summed E-state index contributed by atoms with van der Waals surface area (Å²) in [7, 11) is 1.67. The smallest absolute Gasteiger partial charge is 0.146 e. The van der Waals surface area contributed by atoms with Gasteiger partial charge in [0.1, 0.15) is 11.6 Å². The van der Waals surface area contributed by atoms with Gasteiger partial charge in [-0.15, -0.1) is 10.2 Å². The lowest BCUT2D eigenvalue weighted by molar-refractivity contribution is 0.411. The van der Waals surface area contributed by atoms with Crippen molar-refractivity contribution in [1.82, 2.24) is 10.2 Å². The third-order valence-electron chi connectivity index (χ3n) is 2.70. The third kappa shape index (κ3) is 2.20. The summed E-state index contributed by atoms with van der Waals surface area (Å²) in [5, 5.41) is 7.96. The topological polar surface area (TPSA) is 61.0 Å². The van der Waals surface area contributed by atoms with Crippen LogP contribution in [0.3, 0.4) is 0 Å². The van der Waals surface area contributed by atoms with Gasteiger partial charge in [0, 0.05) is 5.56 Å². The zero-order valence-corrected chi connectivity index (χ0v) is 10.2. The average Bonchev–Trinajstić information content (AvgIpc) is 2.33. The van der Waals surface area contributed by atoms with Crippen LogP contribution in [0.25, 0.3) is 11.3 Å². The minimum absolute atomic E-state index is 0.427. The molecule has 0 aliphatic rings. The molecule has 17 heavy (non-hydrogen) atoms. The number of aryl methyl sites for hydroxylation is 2. The van der Waals surface area contributed by atoms with Crippen LogP contribution in [-0.2, 0) is 0 Å². The summed E-state index contributed by atoms with van der Waals surface area (Å²) in [5.41, 5.74) is 9.58. The second kappa shape index (κ2) is 4.41. The number of nitrogens with two attached hydrogens (primary N) is 1. The van der Waals surface area contributed by atoms with Crippen LogP contribution in [0.2, 0.25) is 0 Å². The van der Waals surface area contributed by atoms with Gasteiger partial charge < -0.3 is 10.5 Å². The molecule has 1 aromatic heterocycles. The van der Waals surface area contributed by atoms with E-state index in [1.54, 1.807) is 13.2 Å². The van der Waals surface area contributed by atoms with Gasteiger partial charge in [-0.1, -0.05) is 0 Å². The maximum absolute atomic E-state index is 5.52. The van der Waals surface area contributed by atoms with Gasteiger partial charge in [-0.2, -0.15) is 0 Å². The Hall–Kier alpha value is -2.10. The van der Waals surface area contributed by atoms with E-state index in [9.17, 15) is 0 Å². The summed E-state index contributed by atoms with van der Waals surface area (Å²) < 4.78 is 5.28. The Labute approximate surface area is 100 Å². The van der Waals surface area contributed by atoms with Crippen LogP contribution < -0.4 is 10.5 Å². The van der Waals surface area contributed by atoms with E-state index >= 15 is 0 Å². The molecule has 0 unspecified atom stereocenters. The summed E-state index contributed by atoms with van der Waals surface area (Å²) in [5.74, 6) is 1.31. The number of hydrogen-bond donors (Lipinski definition) is 1. The number of nitrogen functional groups attached to an aromatic ring is 1. The number of methoxy groups -OCH3 is 1. The standard InChI is InChI=1S/C13H15N3O/c1-8-7-12(17-3)9(2)6-10(8)11-4-5-13(14)16-15-11/h4-7H,1-3H3,(H2,14,16). The van der Waals surface area contributed by atoms with Crippen LogP contribution in [0.15, 0.2) is 24.3 Å². The molecular formula is C13H15N3O. The van der Waals surface area contributed by atoms with Crippen molar-refractivity contribution in [3.05, 3.63) is 35.4 Å². The highest BCUT2D eigenvalue weighted by atomic mass is 16.5. The molecule has 4 nitrogen and oxygen atoms in total. The fourth-order valence-electron chi connectivity index (χ4n) is 1.77. The number of aromatic nitrogens is 2. The predicted molar refractivity (Wildman–Crippen MR) is 67.9 cm³/mol. The van der Waals surface area contributed by atoms with Crippen molar-refractivity contribution in [1.29, 1.82) is 0 Å². The molecule has 0 saturated heterocycles. The van der Waals surface area contributed by atoms with E-state index in [2.05, 4.69) is 10.2 Å². The zero-order chi connectivity index (χ0) is 12.4. The van der Waals surface area contributed by atoms with Crippen molar-refractivity contribution >= 4 is 5.82 Å². The average molecular weight is 229 g/mol. The second-order valence-corrected chi connectivity index (χ2v) is 3.98. The molecule has 0 fully saturated rings. The van der Waals surface area contributed by atoms with E-state index < -0.39 is 0 Å². The van der Waals surface area contributed by atoms with Gasteiger partial charge in [0.2, 0.25) is 0 Å². The molecule has 88 valence electrons. The number of ether oxygens (including phenoxy) is 1. The van der Waals surface area contributed by atoms with Crippen LogP contribution in [0.1, 0.15) is 11.1 Å². The number of benzene rings is 1. The summed E-state index contributed by atoms with van der Waals surface area (Å²) in [6, 6.07) is 7.68. The van der Waals surface area contributed by atoms with Crippen LogP contribution in [0, 0.1) is 13.8 Å². The number of nitrogens with zero attached hydrogens (tertiary/aromatic N) is 2. The third-order valence-corrected chi connectivity index (χ3v) is 2.70. The number of hydrogen-bond acceptors (Lipinski definition) is 4. The Morgan fingerprint density at radius 3 is 2.41 bits per heavy atom. The van der Waals surface area contributed by atoms with Crippen LogP contribution in [0.5, 0.6) is 5.75 Å². The Morgan fingerprint density at radius 1 is 1.06 bits per heavy atom. The molecule has 4 heteroatoms. The molecule has 0 bridgehead atoms. The summed E-state index contributed by atoms with van der Waals surface area (Å²) in [6.45, 7) is 4.03. The van der Waals surface area contributed by atoms with E-state index in [4.69, 9.17) is 10.5 Å². The molecule has 2 N–H and O–H groups in total. The highest BCUT2D eigenvalue weighted by Crippen LogP contribution is 2.28. The van der Waals surface area contributed by atoms with E-state index in [-0.39, 0.29) is 0 Å². The highest BCUT2D eigenvalue weighted by Gasteiger charge is 2.08. The molecule has 0 aliphatic heterocycles. The fraction of sp³-hybridized carbons (Fsp3) is 0.231.